The summed E-state index contributed by atoms with van der Waals surface area (Å²) >= 11 is 0. The summed E-state index contributed by atoms with van der Waals surface area (Å²) in [6.45, 7) is 3.84. The van der Waals surface area contributed by atoms with Crippen molar-refractivity contribution in [2.75, 3.05) is 13.1 Å². The molecule has 2 amide bonds. The molecule has 5 nitrogen and oxygen atoms in total. The molecule has 0 aliphatic heterocycles. The molecule has 5 heteroatoms. The third kappa shape index (κ3) is 9.26. The Labute approximate surface area is 107 Å². The summed E-state index contributed by atoms with van der Waals surface area (Å²) in [6, 6.07) is 0. The van der Waals surface area contributed by atoms with Gasteiger partial charge in [-0.1, -0.05) is 11.8 Å². The van der Waals surface area contributed by atoms with E-state index in [1.54, 1.807) is 13.8 Å². The quantitative estimate of drug-likeness (QED) is 0.551. The summed E-state index contributed by atoms with van der Waals surface area (Å²) in [5.74, 6) is 9.95. The lowest BCUT2D eigenvalue weighted by atomic mass is 10.1. The van der Waals surface area contributed by atoms with E-state index in [0.717, 1.165) is 0 Å². The summed E-state index contributed by atoms with van der Waals surface area (Å²) in [5.41, 5.74) is 0. The molecule has 0 fully saturated rings. The highest BCUT2D eigenvalue weighted by molar-refractivity contribution is 5.80. The highest BCUT2D eigenvalue weighted by Crippen LogP contribution is 1.97. The summed E-state index contributed by atoms with van der Waals surface area (Å²) in [6.07, 6.45) is -1.22. The first-order chi connectivity index (χ1) is 8.60. The van der Waals surface area contributed by atoms with Crippen molar-refractivity contribution in [1.29, 1.82) is 0 Å². The maximum Gasteiger partial charge on any atom is 0.223 e. The molecule has 0 radical (unpaired) electrons. The largest absolute Gasteiger partial charge is 0.392 e. The van der Waals surface area contributed by atoms with Gasteiger partial charge in [0, 0.05) is 0 Å². The Morgan fingerprint density at radius 3 is 1.72 bits per heavy atom. The Kier molecular flexibility index (Phi) is 9.07. The van der Waals surface area contributed by atoms with Crippen LogP contribution in [0.1, 0.15) is 26.7 Å². The molecule has 98 valence electrons. The molecule has 0 spiro atoms. The Bertz CT molecular complexity index is 358. The molecule has 0 aliphatic carbocycles. The van der Waals surface area contributed by atoms with E-state index in [0.29, 0.717) is 0 Å². The van der Waals surface area contributed by atoms with Gasteiger partial charge in [-0.3, -0.25) is 9.59 Å². The van der Waals surface area contributed by atoms with Crippen LogP contribution in [0.2, 0.25) is 0 Å². The standard InChI is InChI=1S/C13H18N2O3/c1-3-5-7-14-12(17)9-11(16)10-13(18)15-8-6-4-2/h11,16H,7-10H2,1-2H3,(H,14,17)(H,15,18). The van der Waals surface area contributed by atoms with Crippen LogP contribution in [0.5, 0.6) is 0 Å². The zero-order valence-corrected chi connectivity index (χ0v) is 10.7. The van der Waals surface area contributed by atoms with Crippen molar-refractivity contribution in [2.24, 2.45) is 0 Å². The van der Waals surface area contributed by atoms with E-state index in [4.69, 9.17) is 0 Å². The lowest BCUT2D eigenvalue weighted by molar-refractivity contribution is -0.125. The van der Waals surface area contributed by atoms with Crippen LogP contribution in [0.15, 0.2) is 0 Å². The van der Waals surface area contributed by atoms with Crippen molar-refractivity contribution in [3.63, 3.8) is 0 Å². The van der Waals surface area contributed by atoms with Gasteiger partial charge in [0.05, 0.1) is 32.0 Å². The van der Waals surface area contributed by atoms with Crippen LogP contribution in [0.25, 0.3) is 0 Å². The number of carbonyl (C=O) groups excluding carboxylic acids is 2. The first-order valence-electron chi connectivity index (χ1n) is 5.60. The Hall–Kier alpha value is -1.98. The van der Waals surface area contributed by atoms with Gasteiger partial charge in [-0.05, 0) is 13.8 Å². The van der Waals surface area contributed by atoms with Crippen LogP contribution in [-0.4, -0.2) is 36.1 Å². The maximum absolute atomic E-state index is 11.3. The number of aliphatic hydroxyl groups is 1. The number of hydrogen-bond acceptors (Lipinski definition) is 3. The van der Waals surface area contributed by atoms with Gasteiger partial charge < -0.3 is 15.7 Å². The second-order valence-corrected chi connectivity index (χ2v) is 3.47. The van der Waals surface area contributed by atoms with Gasteiger partial charge >= 0.3 is 0 Å². The van der Waals surface area contributed by atoms with E-state index in [2.05, 4.69) is 34.3 Å². The smallest absolute Gasteiger partial charge is 0.223 e. The third-order valence-electron chi connectivity index (χ3n) is 1.94. The van der Waals surface area contributed by atoms with Crippen molar-refractivity contribution in [2.45, 2.75) is 32.8 Å². The Morgan fingerprint density at radius 2 is 1.39 bits per heavy atom. The summed E-state index contributed by atoms with van der Waals surface area (Å²) in [4.78, 5) is 22.6. The minimum atomic E-state index is -0.992. The fraction of sp³-hybridized carbons (Fsp3) is 0.538. The van der Waals surface area contributed by atoms with Crippen LogP contribution >= 0.6 is 0 Å². The Morgan fingerprint density at radius 1 is 1.00 bits per heavy atom. The van der Waals surface area contributed by atoms with Crippen molar-refractivity contribution in [3.05, 3.63) is 0 Å². The maximum atomic E-state index is 11.3. The van der Waals surface area contributed by atoms with Crippen LogP contribution < -0.4 is 10.6 Å². The van der Waals surface area contributed by atoms with E-state index in [-0.39, 0.29) is 37.7 Å². The van der Waals surface area contributed by atoms with Gasteiger partial charge in [-0.15, -0.1) is 11.8 Å². The van der Waals surface area contributed by atoms with Gasteiger partial charge in [0.15, 0.2) is 0 Å². The van der Waals surface area contributed by atoms with E-state index in [9.17, 15) is 14.7 Å². The fourth-order valence-electron chi connectivity index (χ4n) is 1.11. The lowest BCUT2D eigenvalue weighted by Gasteiger charge is -2.09. The predicted molar refractivity (Wildman–Crippen MR) is 68.2 cm³/mol. The second kappa shape index (κ2) is 10.2. The van der Waals surface area contributed by atoms with Crippen LogP contribution in [0.4, 0.5) is 0 Å². The number of rotatable bonds is 6. The molecule has 3 N–H and O–H groups in total. The molecule has 0 aromatic heterocycles. The molecule has 0 unspecified atom stereocenters. The zero-order chi connectivity index (χ0) is 13.8. The summed E-state index contributed by atoms with van der Waals surface area (Å²) < 4.78 is 0. The zero-order valence-electron chi connectivity index (χ0n) is 10.7. The minimum absolute atomic E-state index is 0.113. The first-order valence-corrected chi connectivity index (χ1v) is 5.60. The molecular formula is C13H18N2O3. The molecule has 0 saturated carbocycles. The molecule has 0 atom stereocenters. The first kappa shape index (κ1) is 16.0. The SMILES string of the molecule is CC#CCNC(=O)CC(O)CC(=O)NCC#CC. The van der Waals surface area contributed by atoms with Crippen LogP contribution in [0.3, 0.4) is 0 Å². The van der Waals surface area contributed by atoms with Gasteiger partial charge in [0.1, 0.15) is 0 Å². The third-order valence-corrected chi connectivity index (χ3v) is 1.94. The molecule has 0 aromatic rings. The number of nitrogens with one attached hydrogen (secondary N) is 2. The molecule has 0 heterocycles. The van der Waals surface area contributed by atoms with Gasteiger partial charge in [-0.25, -0.2) is 0 Å². The van der Waals surface area contributed by atoms with E-state index >= 15 is 0 Å². The lowest BCUT2D eigenvalue weighted by Crippen LogP contribution is -2.32. The Balaban J connectivity index is 3.82. The highest BCUT2D eigenvalue weighted by atomic mass is 16.3. The average Bonchev–Trinajstić information content (AvgIpc) is 2.29. The van der Waals surface area contributed by atoms with Gasteiger partial charge in [-0.2, -0.15) is 0 Å². The minimum Gasteiger partial charge on any atom is -0.392 e. The van der Waals surface area contributed by atoms with E-state index in [1.807, 2.05) is 0 Å². The molecule has 0 aliphatic rings. The number of amides is 2. The summed E-state index contributed by atoms with van der Waals surface area (Å²) in [5, 5.41) is 14.5. The van der Waals surface area contributed by atoms with Crippen molar-refractivity contribution >= 4 is 11.8 Å². The molecule has 18 heavy (non-hydrogen) atoms. The van der Waals surface area contributed by atoms with Crippen LogP contribution in [0, 0.1) is 23.7 Å². The van der Waals surface area contributed by atoms with Crippen molar-refractivity contribution in [3.8, 4) is 23.7 Å². The molecule has 0 bridgehead atoms. The van der Waals surface area contributed by atoms with Crippen molar-refractivity contribution in [1.82, 2.24) is 10.6 Å². The molecular weight excluding hydrogens is 232 g/mol. The molecule has 0 rings (SSSR count). The molecule has 0 saturated heterocycles. The highest BCUT2D eigenvalue weighted by Gasteiger charge is 2.14. The van der Waals surface area contributed by atoms with E-state index in [1.165, 1.54) is 0 Å². The van der Waals surface area contributed by atoms with Gasteiger partial charge in [0.25, 0.3) is 0 Å². The monoisotopic (exact) mass is 250 g/mol. The van der Waals surface area contributed by atoms with Crippen LogP contribution in [-0.2, 0) is 9.59 Å². The summed E-state index contributed by atoms with van der Waals surface area (Å²) in [7, 11) is 0. The van der Waals surface area contributed by atoms with Gasteiger partial charge in [0.2, 0.25) is 11.8 Å². The number of carbonyl (C=O) groups is 2. The predicted octanol–water partition coefficient (Wildman–Crippen LogP) is -0.593. The number of hydrogen-bond donors (Lipinski definition) is 3. The van der Waals surface area contributed by atoms with E-state index < -0.39 is 6.10 Å². The topological polar surface area (TPSA) is 78.4 Å². The normalized spacial score (nSPS) is 8.67. The molecule has 0 aromatic carbocycles. The van der Waals surface area contributed by atoms with Crippen molar-refractivity contribution < 1.29 is 14.7 Å². The fourth-order valence-corrected chi connectivity index (χ4v) is 1.11. The second-order valence-electron chi connectivity index (χ2n) is 3.47. The average molecular weight is 250 g/mol. The number of aliphatic hydroxyl groups excluding tert-OH is 1.